The van der Waals surface area contributed by atoms with Gasteiger partial charge in [-0.25, -0.2) is 4.98 Å². The largest absolute Gasteiger partial charge is 0.493 e. The van der Waals surface area contributed by atoms with Crippen molar-refractivity contribution in [2.75, 3.05) is 26.1 Å². The van der Waals surface area contributed by atoms with Crippen molar-refractivity contribution in [3.05, 3.63) is 59.4 Å². The number of nitrogens with zero attached hydrogens (tertiary/aromatic N) is 3. The van der Waals surface area contributed by atoms with E-state index in [0.717, 1.165) is 22.9 Å². The standard InChI is InChI=1S/C21H19ClN4O3/c1-27-16-7-6-13(10-17(16)28-2)8-9-23-20-18-19(14-4-3-5-15(22)11-14)26-29-21(18)25-12-24-20/h3-7,10-12H,8-9H2,1-2H3,(H,23,24,25). The highest BCUT2D eigenvalue weighted by Gasteiger charge is 2.17. The number of hydrogen-bond acceptors (Lipinski definition) is 7. The van der Waals surface area contributed by atoms with Crippen LogP contribution in [0.1, 0.15) is 5.56 Å². The molecular formula is C21H19ClN4O3. The molecule has 4 aromatic rings. The molecule has 0 saturated carbocycles. The van der Waals surface area contributed by atoms with Gasteiger partial charge in [0, 0.05) is 17.1 Å². The normalized spacial score (nSPS) is 10.9. The van der Waals surface area contributed by atoms with Gasteiger partial charge in [0.1, 0.15) is 23.2 Å². The first-order valence-corrected chi connectivity index (χ1v) is 9.38. The number of ether oxygens (including phenoxy) is 2. The molecule has 0 radical (unpaired) electrons. The molecule has 148 valence electrons. The van der Waals surface area contributed by atoms with Gasteiger partial charge in [-0.1, -0.05) is 35.0 Å². The first kappa shape index (κ1) is 19.0. The number of fused-ring (bicyclic) bond motifs is 1. The monoisotopic (exact) mass is 410 g/mol. The van der Waals surface area contributed by atoms with Gasteiger partial charge < -0.3 is 19.3 Å². The van der Waals surface area contributed by atoms with Gasteiger partial charge in [0.15, 0.2) is 11.5 Å². The summed E-state index contributed by atoms with van der Waals surface area (Å²) in [5.74, 6) is 2.07. The van der Waals surface area contributed by atoms with Crippen LogP contribution in [0.3, 0.4) is 0 Å². The molecule has 7 nitrogen and oxygen atoms in total. The zero-order chi connectivity index (χ0) is 20.2. The lowest BCUT2D eigenvalue weighted by atomic mass is 10.1. The molecule has 0 bridgehead atoms. The summed E-state index contributed by atoms with van der Waals surface area (Å²) in [4.78, 5) is 8.55. The van der Waals surface area contributed by atoms with Crippen molar-refractivity contribution in [2.24, 2.45) is 0 Å². The second-order valence-corrected chi connectivity index (χ2v) is 6.75. The van der Waals surface area contributed by atoms with Crippen LogP contribution in [0.2, 0.25) is 5.02 Å². The topological polar surface area (TPSA) is 82.3 Å². The quantitative estimate of drug-likeness (QED) is 0.476. The van der Waals surface area contributed by atoms with Crippen LogP contribution in [0.15, 0.2) is 53.3 Å². The minimum absolute atomic E-state index is 0.420. The molecular weight excluding hydrogens is 392 g/mol. The Balaban J connectivity index is 1.57. The maximum absolute atomic E-state index is 6.13. The van der Waals surface area contributed by atoms with Crippen LogP contribution in [0.25, 0.3) is 22.4 Å². The maximum Gasteiger partial charge on any atom is 0.263 e. The Bertz CT molecular complexity index is 1150. The molecule has 2 heterocycles. The van der Waals surface area contributed by atoms with Crippen molar-refractivity contribution in [3.8, 4) is 22.8 Å². The van der Waals surface area contributed by atoms with Crippen LogP contribution >= 0.6 is 11.6 Å². The predicted octanol–water partition coefficient (Wildman–Crippen LogP) is 4.61. The molecule has 0 aliphatic rings. The van der Waals surface area contributed by atoms with Crippen LogP contribution < -0.4 is 14.8 Å². The predicted molar refractivity (Wildman–Crippen MR) is 112 cm³/mol. The molecule has 0 atom stereocenters. The third-order valence-electron chi connectivity index (χ3n) is 4.52. The van der Waals surface area contributed by atoms with Crippen LogP contribution in [0.4, 0.5) is 5.82 Å². The fourth-order valence-corrected chi connectivity index (χ4v) is 3.31. The average Bonchev–Trinajstić information content (AvgIpc) is 3.19. The Morgan fingerprint density at radius 3 is 2.69 bits per heavy atom. The van der Waals surface area contributed by atoms with Crippen molar-refractivity contribution < 1.29 is 14.0 Å². The lowest BCUT2D eigenvalue weighted by Gasteiger charge is -2.10. The second-order valence-electron chi connectivity index (χ2n) is 6.31. The minimum atomic E-state index is 0.420. The molecule has 0 aliphatic heterocycles. The highest BCUT2D eigenvalue weighted by molar-refractivity contribution is 6.30. The smallest absolute Gasteiger partial charge is 0.263 e. The van der Waals surface area contributed by atoms with Crippen LogP contribution in [0, 0.1) is 0 Å². The van der Waals surface area contributed by atoms with Crippen molar-refractivity contribution in [2.45, 2.75) is 6.42 Å². The molecule has 0 spiro atoms. The van der Waals surface area contributed by atoms with E-state index in [1.807, 2.05) is 42.5 Å². The third kappa shape index (κ3) is 3.95. The maximum atomic E-state index is 6.13. The molecule has 2 aromatic heterocycles. The van der Waals surface area contributed by atoms with E-state index in [9.17, 15) is 0 Å². The van der Waals surface area contributed by atoms with Crippen molar-refractivity contribution >= 4 is 28.5 Å². The van der Waals surface area contributed by atoms with E-state index in [2.05, 4.69) is 20.4 Å². The first-order chi connectivity index (χ1) is 14.2. The summed E-state index contributed by atoms with van der Waals surface area (Å²) in [5.41, 5.74) is 3.02. The molecule has 0 unspecified atom stereocenters. The number of nitrogens with one attached hydrogen (secondary N) is 1. The molecule has 2 aromatic carbocycles. The van der Waals surface area contributed by atoms with Gasteiger partial charge in [-0.3, -0.25) is 0 Å². The summed E-state index contributed by atoms with van der Waals surface area (Å²) in [6.45, 7) is 0.655. The zero-order valence-electron chi connectivity index (χ0n) is 16.0. The number of halogens is 1. The van der Waals surface area contributed by atoms with Crippen molar-refractivity contribution in [1.82, 2.24) is 15.1 Å². The summed E-state index contributed by atoms with van der Waals surface area (Å²) >= 11 is 6.13. The molecule has 0 aliphatic carbocycles. The van der Waals surface area contributed by atoms with Crippen molar-refractivity contribution in [1.29, 1.82) is 0 Å². The molecule has 0 amide bonds. The van der Waals surface area contributed by atoms with Gasteiger partial charge in [0.2, 0.25) is 0 Å². The number of hydrogen-bond donors (Lipinski definition) is 1. The first-order valence-electron chi connectivity index (χ1n) is 9.00. The number of benzene rings is 2. The van der Waals surface area contributed by atoms with E-state index in [-0.39, 0.29) is 0 Å². The summed E-state index contributed by atoms with van der Waals surface area (Å²) < 4.78 is 16.0. The molecule has 0 fully saturated rings. The Morgan fingerprint density at radius 2 is 1.90 bits per heavy atom. The van der Waals surface area contributed by atoms with Gasteiger partial charge in [0.25, 0.3) is 5.71 Å². The Labute approximate surface area is 172 Å². The Hall–Kier alpha value is -3.32. The lowest BCUT2D eigenvalue weighted by Crippen LogP contribution is -2.07. The van der Waals surface area contributed by atoms with Gasteiger partial charge in [-0.05, 0) is 36.2 Å². The van der Waals surface area contributed by atoms with Gasteiger partial charge in [0.05, 0.1) is 14.2 Å². The van der Waals surface area contributed by atoms with E-state index >= 15 is 0 Å². The summed E-state index contributed by atoms with van der Waals surface area (Å²) in [7, 11) is 3.25. The summed E-state index contributed by atoms with van der Waals surface area (Å²) in [6.07, 6.45) is 2.22. The number of anilines is 1. The van der Waals surface area contributed by atoms with E-state index in [0.29, 0.717) is 40.3 Å². The SMILES string of the molecule is COc1ccc(CCNc2ncnc3onc(-c4cccc(Cl)c4)c23)cc1OC. The van der Waals surface area contributed by atoms with E-state index in [1.165, 1.54) is 6.33 Å². The summed E-state index contributed by atoms with van der Waals surface area (Å²) in [5, 5.41) is 8.87. The van der Waals surface area contributed by atoms with E-state index < -0.39 is 0 Å². The third-order valence-corrected chi connectivity index (χ3v) is 4.76. The fourth-order valence-electron chi connectivity index (χ4n) is 3.11. The van der Waals surface area contributed by atoms with Gasteiger partial charge in [-0.15, -0.1) is 0 Å². The minimum Gasteiger partial charge on any atom is -0.493 e. The number of methoxy groups -OCH3 is 2. The average molecular weight is 411 g/mol. The van der Waals surface area contributed by atoms with Gasteiger partial charge in [-0.2, -0.15) is 4.98 Å². The van der Waals surface area contributed by atoms with Crippen LogP contribution in [0.5, 0.6) is 11.5 Å². The molecule has 8 heteroatoms. The Morgan fingerprint density at radius 1 is 1.03 bits per heavy atom. The summed E-state index contributed by atoms with van der Waals surface area (Å²) in [6, 6.07) is 13.3. The molecule has 4 rings (SSSR count). The fraction of sp³-hybridized carbons (Fsp3) is 0.190. The van der Waals surface area contributed by atoms with E-state index in [1.54, 1.807) is 14.2 Å². The molecule has 1 N–H and O–H groups in total. The molecule has 0 saturated heterocycles. The Kier molecular flexibility index (Phi) is 5.48. The van der Waals surface area contributed by atoms with E-state index in [4.69, 9.17) is 25.6 Å². The zero-order valence-corrected chi connectivity index (χ0v) is 16.7. The van der Waals surface area contributed by atoms with Crippen LogP contribution in [-0.4, -0.2) is 35.9 Å². The number of rotatable bonds is 7. The lowest BCUT2D eigenvalue weighted by molar-refractivity contribution is 0.354. The van der Waals surface area contributed by atoms with Gasteiger partial charge >= 0.3 is 0 Å². The van der Waals surface area contributed by atoms with Crippen LogP contribution in [-0.2, 0) is 6.42 Å². The second kappa shape index (κ2) is 8.36. The number of aromatic nitrogens is 3. The molecule has 29 heavy (non-hydrogen) atoms. The highest BCUT2D eigenvalue weighted by atomic mass is 35.5. The highest BCUT2D eigenvalue weighted by Crippen LogP contribution is 2.32. The van der Waals surface area contributed by atoms with Crippen molar-refractivity contribution in [3.63, 3.8) is 0 Å².